The lowest BCUT2D eigenvalue weighted by atomic mass is 10.1. The summed E-state index contributed by atoms with van der Waals surface area (Å²) in [6, 6.07) is 15.4. The van der Waals surface area contributed by atoms with Crippen molar-refractivity contribution >= 4 is 37.4 Å². The quantitative estimate of drug-likeness (QED) is 0.703. The van der Waals surface area contributed by atoms with Crippen LogP contribution in [-0.4, -0.2) is 0 Å². The minimum atomic E-state index is -0.246. The first-order chi connectivity index (χ1) is 9.63. The lowest BCUT2D eigenvalue weighted by Gasteiger charge is -2.10. The van der Waals surface area contributed by atoms with E-state index in [1.54, 1.807) is 23.5 Å². The highest BCUT2D eigenvalue weighted by Gasteiger charge is 2.11. The maximum absolute atomic E-state index is 13.2. The molecule has 0 spiro atoms. The first kappa shape index (κ1) is 13.7. The Morgan fingerprint density at radius 1 is 1.15 bits per heavy atom. The van der Waals surface area contributed by atoms with E-state index in [-0.39, 0.29) is 11.9 Å². The number of fused-ring (bicyclic) bond motifs is 1. The highest BCUT2D eigenvalue weighted by Crippen LogP contribution is 2.30. The van der Waals surface area contributed by atoms with Crippen molar-refractivity contribution < 1.29 is 4.39 Å². The van der Waals surface area contributed by atoms with Crippen molar-refractivity contribution in [1.82, 2.24) is 0 Å². The molecule has 102 valence electrons. The van der Waals surface area contributed by atoms with Crippen LogP contribution in [-0.2, 0) is 6.42 Å². The van der Waals surface area contributed by atoms with Gasteiger partial charge in [0.05, 0.1) is 4.47 Å². The maximum atomic E-state index is 13.2. The molecule has 0 saturated heterocycles. The van der Waals surface area contributed by atoms with Gasteiger partial charge in [0.2, 0.25) is 0 Å². The van der Waals surface area contributed by atoms with Gasteiger partial charge in [-0.1, -0.05) is 24.3 Å². The SMILES string of the molecule is NC(Cc1ccc(F)c(Br)c1)c1cc2ccccc2s1. The zero-order valence-electron chi connectivity index (χ0n) is 10.6. The van der Waals surface area contributed by atoms with Crippen molar-refractivity contribution in [3.05, 3.63) is 69.3 Å². The zero-order valence-corrected chi connectivity index (χ0v) is 13.0. The van der Waals surface area contributed by atoms with Gasteiger partial charge in [-0.3, -0.25) is 0 Å². The fourth-order valence-corrected chi connectivity index (χ4v) is 3.70. The Morgan fingerprint density at radius 2 is 1.95 bits per heavy atom. The van der Waals surface area contributed by atoms with Gasteiger partial charge in [0.25, 0.3) is 0 Å². The summed E-state index contributed by atoms with van der Waals surface area (Å²) in [6.45, 7) is 0. The molecule has 1 atom stereocenters. The Bertz CT molecular complexity index is 720. The molecule has 3 aromatic rings. The van der Waals surface area contributed by atoms with Crippen LogP contribution in [0.5, 0.6) is 0 Å². The molecular weight excluding hydrogens is 337 g/mol. The molecule has 4 heteroatoms. The number of halogens is 2. The van der Waals surface area contributed by atoms with Crippen LogP contribution < -0.4 is 5.73 Å². The Morgan fingerprint density at radius 3 is 2.70 bits per heavy atom. The maximum Gasteiger partial charge on any atom is 0.137 e. The molecule has 1 nitrogen and oxygen atoms in total. The van der Waals surface area contributed by atoms with Gasteiger partial charge in [-0.05, 0) is 57.6 Å². The molecule has 0 amide bonds. The van der Waals surface area contributed by atoms with E-state index >= 15 is 0 Å². The van der Waals surface area contributed by atoms with Crippen LogP contribution in [0.3, 0.4) is 0 Å². The lowest BCUT2D eigenvalue weighted by molar-refractivity contribution is 0.619. The summed E-state index contributed by atoms with van der Waals surface area (Å²) in [5, 5.41) is 1.23. The number of nitrogens with two attached hydrogens (primary N) is 1. The van der Waals surface area contributed by atoms with Crippen LogP contribution in [0.15, 0.2) is 53.0 Å². The van der Waals surface area contributed by atoms with Gasteiger partial charge < -0.3 is 5.73 Å². The van der Waals surface area contributed by atoms with Gasteiger partial charge in [-0.2, -0.15) is 0 Å². The summed E-state index contributed by atoms with van der Waals surface area (Å²) in [7, 11) is 0. The van der Waals surface area contributed by atoms with Crippen molar-refractivity contribution in [1.29, 1.82) is 0 Å². The van der Waals surface area contributed by atoms with Gasteiger partial charge in [0, 0.05) is 15.6 Å². The molecule has 2 N–H and O–H groups in total. The van der Waals surface area contributed by atoms with E-state index < -0.39 is 0 Å². The van der Waals surface area contributed by atoms with Crippen molar-refractivity contribution in [3.8, 4) is 0 Å². The second kappa shape index (κ2) is 5.64. The third-order valence-corrected chi connectivity index (χ3v) is 5.11. The average molecular weight is 350 g/mol. The molecule has 2 aromatic carbocycles. The predicted octanol–water partition coefficient (Wildman–Crippen LogP) is 5.05. The summed E-state index contributed by atoms with van der Waals surface area (Å²) in [5.74, 6) is -0.246. The summed E-state index contributed by atoms with van der Waals surface area (Å²) >= 11 is 4.93. The molecule has 0 aliphatic heterocycles. The predicted molar refractivity (Wildman–Crippen MR) is 86.6 cm³/mol. The second-order valence-corrected chi connectivity index (χ2v) is 6.72. The van der Waals surface area contributed by atoms with Gasteiger partial charge >= 0.3 is 0 Å². The molecule has 0 bridgehead atoms. The number of hydrogen-bond acceptors (Lipinski definition) is 2. The molecule has 0 radical (unpaired) electrons. The van der Waals surface area contributed by atoms with Gasteiger partial charge in [-0.25, -0.2) is 4.39 Å². The summed E-state index contributed by atoms with van der Waals surface area (Å²) < 4.78 is 15.0. The molecule has 1 aromatic heterocycles. The molecular formula is C16H13BrFNS. The number of benzene rings is 2. The van der Waals surface area contributed by atoms with Crippen molar-refractivity contribution in [3.63, 3.8) is 0 Å². The Balaban J connectivity index is 1.84. The number of rotatable bonds is 3. The number of hydrogen-bond donors (Lipinski definition) is 1. The summed E-state index contributed by atoms with van der Waals surface area (Å²) in [4.78, 5) is 1.16. The average Bonchev–Trinajstić information content (AvgIpc) is 2.87. The van der Waals surface area contributed by atoms with Crippen molar-refractivity contribution in [2.45, 2.75) is 12.5 Å². The Kier molecular flexibility index (Phi) is 3.87. The highest BCUT2D eigenvalue weighted by molar-refractivity contribution is 9.10. The fraction of sp³-hybridized carbons (Fsp3) is 0.125. The van der Waals surface area contributed by atoms with Crippen LogP contribution in [0, 0.1) is 5.82 Å². The normalized spacial score (nSPS) is 12.8. The smallest absolute Gasteiger partial charge is 0.137 e. The topological polar surface area (TPSA) is 26.0 Å². The van der Waals surface area contributed by atoms with E-state index in [1.807, 2.05) is 12.1 Å². The largest absolute Gasteiger partial charge is 0.323 e. The third kappa shape index (κ3) is 2.77. The van der Waals surface area contributed by atoms with Crippen molar-refractivity contribution in [2.75, 3.05) is 0 Å². The van der Waals surface area contributed by atoms with Crippen LogP contribution in [0.25, 0.3) is 10.1 Å². The van der Waals surface area contributed by atoms with Crippen LogP contribution in [0.1, 0.15) is 16.5 Å². The molecule has 0 saturated carbocycles. The summed E-state index contributed by atoms with van der Waals surface area (Å²) in [6.07, 6.45) is 0.700. The monoisotopic (exact) mass is 349 g/mol. The minimum absolute atomic E-state index is 0.0650. The number of thiophene rings is 1. The lowest BCUT2D eigenvalue weighted by Crippen LogP contribution is -2.11. The Hall–Kier alpha value is -1.23. The highest BCUT2D eigenvalue weighted by atomic mass is 79.9. The molecule has 3 rings (SSSR count). The standard InChI is InChI=1S/C16H13BrFNS/c17-12-7-10(5-6-13(12)18)8-14(19)16-9-11-3-1-2-4-15(11)20-16/h1-7,9,14H,8,19H2. The second-order valence-electron chi connectivity index (χ2n) is 4.75. The van der Waals surface area contributed by atoms with E-state index in [9.17, 15) is 4.39 Å². The molecule has 20 heavy (non-hydrogen) atoms. The van der Waals surface area contributed by atoms with E-state index in [1.165, 1.54) is 16.2 Å². The first-order valence-electron chi connectivity index (χ1n) is 6.31. The van der Waals surface area contributed by atoms with Gasteiger partial charge in [-0.15, -0.1) is 11.3 Å². The zero-order chi connectivity index (χ0) is 14.1. The van der Waals surface area contributed by atoms with E-state index in [0.717, 1.165) is 10.4 Å². The van der Waals surface area contributed by atoms with E-state index in [0.29, 0.717) is 10.9 Å². The van der Waals surface area contributed by atoms with E-state index in [4.69, 9.17) is 5.73 Å². The third-order valence-electron chi connectivity index (χ3n) is 3.25. The Labute approximate surface area is 129 Å². The molecule has 1 heterocycles. The van der Waals surface area contributed by atoms with Crippen LogP contribution in [0.2, 0.25) is 0 Å². The minimum Gasteiger partial charge on any atom is -0.323 e. The van der Waals surface area contributed by atoms with Crippen LogP contribution >= 0.6 is 27.3 Å². The molecule has 0 aliphatic carbocycles. The molecule has 1 unspecified atom stereocenters. The first-order valence-corrected chi connectivity index (χ1v) is 7.92. The van der Waals surface area contributed by atoms with Gasteiger partial charge in [0.15, 0.2) is 0 Å². The van der Waals surface area contributed by atoms with Crippen molar-refractivity contribution in [2.24, 2.45) is 5.73 Å². The molecule has 0 fully saturated rings. The molecule has 0 aliphatic rings. The van der Waals surface area contributed by atoms with Crippen LogP contribution in [0.4, 0.5) is 4.39 Å². The van der Waals surface area contributed by atoms with E-state index in [2.05, 4.69) is 34.1 Å². The summed E-state index contributed by atoms with van der Waals surface area (Å²) in [5.41, 5.74) is 7.31. The van der Waals surface area contributed by atoms with Gasteiger partial charge in [0.1, 0.15) is 5.82 Å². The fourth-order valence-electron chi connectivity index (χ4n) is 2.21.